The second-order valence-corrected chi connectivity index (χ2v) is 6.71. The van der Waals surface area contributed by atoms with E-state index in [1.54, 1.807) is 32.9 Å². The molecule has 0 radical (unpaired) electrons. The van der Waals surface area contributed by atoms with E-state index in [0.29, 0.717) is 34.0 Å². The molecule has 2 heterocycles. The number of halogens is 1. The summed E-state index contributed by atoms with van der Waals surface area (Å²) in [5.41, 5.74) is 8.42. The molecule has 8 heteroatoms. The average molecular weight is 374 g/mol. The SMILES string of the molecule is CC1=C(C(=O)OC(C)C)C(c2ccc(F)cc2)c2c(nc(=S)[nH]c2N)N1. The van der Waals surface area contributed by atoms with Gasteiger partial charge in [0.15, 0.2) is 4.77 Å². The quantitative estimate of drug-likeness (QED) is 0.561. The van der Waals surface area contributed by atoms with Crippen LogP contribution in [0, 0.1) is 10.6 Å². The van der Waals surface area contributed by atoms with Gasteiger partial charge in [-0.3, -0.25) is 0 Å². The Labute approximate surface area is 155 Å². The number of aromatic nitrogens is 2. The molecule has 136 valence electrons. The highest BCUT2D eigenvalue weighted by Gasteiger charge is 2.36. The van der Waals surface area contributed by atoms with Gasteiger partial charge in [0.05, 0.1) is 17.6 Å². The van der Waals surface area contributed by atoms with Crippen LogP contribution in [0.5, 0.6) is 0 Å². The van der Waals surface area contributed by atoms with Gasteiger partial charge in [0.2, 0.25) is 0 Å². The first-order valence-corrected chi connectivity index (χ1v) is 8.52. The van der Waals surface area contributed by atoms with Gasteiger partial charge in [0, 0.05) is 11.3 Å². The third-order valence-corrected chi connectivity index (χ3v) is 4.25. The van der Waals surface area contributed by atoms with Crippen molar-refractivity contribution in [2.75, 3.05) is 11.1 Å². The highest BCUT2D eigenvalue weighted by Crippen LogP contribution is 2.43. The first kappa shape index (κ1) is 18.1. The van der Waals surface area contributed by atoms with Crippen molar-refractivity contribution in [3.63, 3.8) is 0 Å². The van der Waals surface area contributed by atoms with E-state index in [1.165, 1.54) is 12.1 Å². The van der Waals surface area contributed by atoms with Crippen LogP contribution >= 0.6 is 12.2 Å². The number of fused-ring (bicyclic) bond motifs is 1. The van der Waals surface area contributed by atoms with E-state index in [1.807, 2.05) is 0 Å². The van der Waals surface area contributed by atoms with Crippen LogP contribution in [0.2, 0.25) is 0 Å². The number of benzene rings is 1. The number of nitrogens with two attached hydrogens (primary N) is 1. The van der Waals surface area contributed by atoms with Crippen LogP contribution in [-0.4, -0.2) is 22.0 Å². The summed E-state index contributed by atoms with van der Waals surface area (Å²) in [5.74, 6) is -0.624. The molecule has 1 atom stereocenters. The number of hydrogen-bond acceptors (Lipinski definition) is 6. The van der Waals surface area contributed by atoms with Gasteiger partial charge in [-0.15, -0.1) is 0 Å². The van der Waals surface area contributed by atoms with Crippen molar-refractivity contribution in [2.45, 2.75) is 32.8 Å². The number of nitrogen functional groups attached to an aromatic ring is 1. The van der Waals surface area contributed by atoms with Crippen LogP contribution in [0.15, 0.2) is 35.5 Å². The Balaban J connectivity index is 2.23. The summed E-state index contributed by atoms with van der Waals surface area (Å²) in [6.07, 6.45) is -0.282. The molecule has 2 aromatic rings. The number of anilines is 2. The van der Waals surface area contributed by atoms with Gasteiger partial charge in [0.25, 0.3) is 0 Å². The number of allylic oxidation sites excluding steroid dienone is 1. The third-order valence-electron chi connectivity index (χ3n) is 4.05. The van der Waals surface area contributed by atoms with Crippen LogP contribution in [0.25, 0.3) is 0 Å². The summed E-state index contributed by atoms with van der Waals surface area (Å²) in [6, 6.07) is 5.91. The molecule has 1 aliphatic rings. The number of nitrogens with one attached hydrogen (secondary N) is 2. The standard InChI is InChI=1S/C18H19FN4O2S/c1-8(2)25-17(24)12-9(3)21-16-14(15(20)22-18(26)23-16)13(12)10-4-6-11(19)7-5-10/h4-8,13H,1-3H3,(H4,20,21,22,23,26). The second kappa shape index (κ2) is 6.87. The highest BCUT2D eigenvalue weighted by atomic mass is 32.1. The third kappa shape index (κ3) is 3.32. The highest BCUT2D eigenvalue weighted by molar-refractivity contribution is 7.71. The Morgan fingerprint density at radius 3 is 2.62 bits per heavy atom. The lowest BCUT2D eigenvalue weighted by Crippen LogP contribution is -2.27. The maximum atomic E-state index is 13.4. The fourth-order valence-corrected chi connectivity index (χ4v) is 3.23. The normalized spacial score (nSPS) is 16.3. The zero-order chi connectivity index (χ0) is 19.0. The maximum Gasteiger partial charge on any atom is 0.337 e. The van der Waals surface area contributed by atoms with Crippen molar-refractivity contribution in [1.29, 1.82) is 0 Å². The summed E-state index contributed by atoms with van der Waals surface area (Å²) < 4.78 is 19.1. The van der Waals surface area contributed by atoms with E-state index in [2.05, 4.69) is 15.3 Å². The van der Waals surface area contributed by atoms with Crippen LogP contribution < -0.4 is 11.1 Å². The molecule has 1 unspecified atom stereocenters. The number of nitrogens with zero attached hydrogens (tertiary/aromatic N) is 1. The molecule has 1 aromatic carbocycles. The summed E-state index contributed by atoms with van der Waals surface area (Å²) in [4.78, 5) is 19.9. The van der Waals surface area contributed by atoms with Crippen LogP contribution in [-0.2, 0) is 9.53 Å². The number of aromatic amines is 1. The van der Waals surface area contributed by atoms with Gasteiger partial charge in [0.1, 0.15) is 17.5 Å². The monoisotopic (exact) mass is 374 g/mol. The molecule has 3 rings (SSSR count). The molecule has 0 aliphatic carbocycles. The number of carbonyl (C=O) groups is 1. The lowest BCUT2D eigenvalue weighted by molar-refractivity contribution is -0.142. The summed E-state index contributed by atoms with van der Waals surface area (Å²) in [7, 11) is 0. The molecule has 26 heavy (non-hydrogen) atoms. The van der Waals surface area contributed by atoms with Crippen LogP contribution in [0.1, 0.15) is 37.8 Å². The molecule has 0 fully saturated rings. The van der Waals surface area contributed by atoms with Crippen molar-refractivity contribution < 1.29 is 13.9 Å². The van der Waals surface area contributed by atoms with Gasteiger partial charge in [-0.1, -0.05) is 12.1 Å². The lowest BCUT2D eigenvalue weighted by atomic mass is 9.82. The molecule has 0 spiro atoms. The number of ether oxygens (including phenoxy) is 1. The summed E-state index contributed by atoms with van der Waals surface area (Å²) in [5, 5.41) is 3.08. The molecule has 6 nitrogen and oxygen atoms in total. The minimum absolute atomic E-state index is 0.229. The number of carbonyl (C=O) groups excluding carboxylic acids is 1. The Morgan fingerprint density at radius 1 is 1.35 bits per heavy atom. The van der Waals surface area contributed by atoms with E-state index in [4.69, 9.17) is 22.7 Å². The molecular formula is C18H19FN4O2S. The zero-order valence-corrected chi connectivity index (χ0v) is 15.4. The molecule has 1 aliphatic heterocycles. The van der Waals surface area contributed by atoms with Gasteiger partial charge >= 0.3 is 5.97 Å². The molecule has 0 saturated heterocycles. The van der Waals surface area contributed by atoms with Gasteiger partial charge in [-0.05, 0) is 50.7 Å². The first-order valence-electron chi connectivity index (χ1n) is 8.12. The van der Waals surface area contributed by atoms with Crippen LogP contribution in [0.3, 0.4) is 0 Å². The lowest BCUT2D eigenvalue weighted by Gasteiger charge is -2.30. The Morgan fingerprint density at radius 2 is 2.00 bits per heavy atom. The van der Waals surface area contributed by atoms with Gasteiger partial charge in [-0.25, -0.2) is 14.2 Å². The zero-order valence-electron chi connectivity index (χ0n) is 14.6. The first-order chi connectivity index (χ1) is 12.3. The van der Waals surface area contributed by atoms with E-state index in [9.17, 15) is 9.18 Å². The maximum absolute atomic E-state index is 13.4. The van der Waals surface area contributed by atoms with Crippen LogP contribution in [0.4, 0.5) is 16.0 Å². The predicted octanol–water partition coefficient (Wildman–Crippen LogP) is 3.64. The Bertz CT molecular complexity index is 951. The van der Waals surface area contributed by atoms with Gasteiger partial charge in [-0.2, -0.15) is 0 Å². The Kier molecular flexibility index (Phi) is 4.78. The minimum Gasteiger partial charge on any atom is -0.460 e. The van der Waals surface area contributed by atoms with E-state index < -0.39 is 11.9 Å². The topological polar surface area (TPSA) is 93.0 Å². The van der Waals surface area contributed by atoms with Crippen molar-refractivity contribution in [3.05, 3.63) is 57.3 Å². The molecule has 0 bridgehead atoms. The van der Waals surface area contributed by atoms with Crippen molar-refractivity contribution in [1.82, 2.24) is 9.97 Å². The predicted molar refractivity (Wildman–Crippen MR) is 99.6 cm³/mol. The van der Waals surface area contributed by atoms with E-state index in [-0.39, 0.29) is 16.7 Å². The van der Waals surface area contributed by atoms with E-state index in [0.717, 1.165) is 0 Å². The van der Waals surface area contributed by atoms with Crippen molar-refractivity contribution in [2.24, 2.45) is 0 Å². The van der Waals surface area contributed by atoms with E-state index >= 15 is 0 Å². The molecule has 0 saturated carbocycles. The molecule has 1 aromatic heterocycles. The van der Waals surface area contributed by atoms with Gasteiger partial charge < -0.3 is 20.8 Å². The number of hydrogen-bond donors (Lipinski definition) is 3. The smallest absolute Gasteiger partial charge is 0.337 e. The number of rotatable bonds is 3. The number of H-pyrrole nitrogens is 1. The molecule has 4 N–H and O–H groups in total. The fourth-order valence-electron chi connectivity index (χ4n) is 3.03. The molecule has 0 amide bonds. The number of esters is 1. The fraction of sp³-hybridized carbons (Fsp3) is 0.278. The summed E-state index contributed by atoms with van der Waals surface area (Å²) in [6.45, 7) is 5.31. The average Bonchev–Trinajstić information content (AvgIpc) is 2.53. The van der Waals surface area contributed by atoms with Crippen molar-refractivity contribution in [3.8, 4) is 0 Å². The Hall–Kier alpha value is -2.74. The second-order valence-electron chi connectivity index (χ2n) is 6.32. The largest absolute Gasteiger partial charge is 0.460 e. The minimum atomic E-state index is -0.558. The van der Waals surface area contributed by atoms with Crippen molar-refractivity contribution >= 4 is 29.8 Å². The summed E-state index contributed by atoms with van der Waals surface area (Å²) >= 11 is 5.09. The molecular weight excluding hydrogens is 355 g/mol.